The van der Waals surface area contributed by atoms with Crippen molar-refractivity contribution in [1.82, 2.24) is 0 Å². The second kappa shape index (κ2) is 39.5. The molecule has 0 saturated carbocycles. The Balaban J connectivity index is -0.0000000858. The van der Waals surface area contributed by atoms with Crippen molar-refractivity contribution in [3.05, 3.63) is 0 Å². The van der Waals surface area contributed by atoms with E-state index in [4.69, 9.17) is 36.7 Å². The molecular weight excluding hydrogens is 417 g/mol. The molecule has 11 heteroatoms. The first kappa shape index (κ1) is 36.4. The van der Waals surface area contributed by atoms with E-state index in [0.717, 1.165) is 0 Å². The molecule has 0 fully saturated rings. The third-order valence-electron chi connectivity index (χ3n) is 1.41. The minimum Gasteiger partial charge on any atom is -0.313 e. The van der Waals surface area contributed by atoms with Crippen molar-refractivity contribution in [2.75, 3.05) is 39.6 Å². The SMILES string of the molecule is C=O.C=O.CCOP(OCC)OCC.CCOP(OCC)OCC.[Ni]. The van der Waals surface area contributed by atoms with Crippen LogP contribution in [0.1, 0.15) is 41.5 Å². The van der Waals surface area contributed by atoms with Crippen LogP contribution in [0.15, 0.2) is 0 Å². The summed E-state index contributed by atoms with van der Waals surface area (Å²) in [5, 5.41) is 0. The summed E-state index contributed by atoms with van der Waals surface area (Å²) in [5.41, 5.74) is 0. The first-order valence-corrected chi connectivity index (χ1v) is 9.84. The second-order valence-corrected chi connectivity index (χ2v) is 5.40. The first-order valence-electron chi connectivity index (χ1n) is 7.65. The van der Waals surface area contributed by atoms with Crippen LogP contribution in [-0.4, -0.2) is 53.2 Å². The molecule has 0 N–H and O–H groups in total. The molecule has 0 saturated heterocycles. The zero-order chi connectivity index (χ0) is 19.6. The van der Waals surface area contributed by atoms with Gasteiger partial charge in [0.15, 0.2) is 0 Å². The molecule has 0 atom stereocenters. The summed E-state index contributed by atoms with van der Waals surface area (Å²) >= 11 is 0. The average Bonchev–Trinajstić information content (AvgIpc) is 2.61. The fourth-order valence-corrected chi connectivity index (χ4v) is 2.57. The Morgan fingerprint density at radius 2 is 0.600 bits per heavy atom. The van der Waals surface area contributed by atoms with Gasteiger partial charge in [-0.3, -0.25) is 0 Å². The largest absolute Gasteiger partial charge is 0.332 e. The van der Waals surface area contributed by atoms with Crippen LogP contribution in [0.5, 0.6) is 0 Å². The predicted molar refractivity (Wildman–Crippen MR) is 97.8 cm³/mol. The molecule has 0 bridgehead atoms. The molecule has 0 aromatic rings. The Kier molecular flexibility index (Phi) is 57.5. The van der Waals surface area contributed by atoms with Gasteiger partial charge in [-0.05, 0) is 41.5 Å². The van der Waals surface area contributed by atoms with Crippen LogP contribution in [0.4, 0.5) is 0 Å². The molecule has 158 valence electrons. The van der Waals surface area contributed by atoms with Gasteiger partial charge in [0.1, 0.15) is 13.6 Å². The molecule has 0 rings (SSSR count). The van der Waals surface area contributed by atoms with E-state index >= 15 is 0 Å². The van der Waals surface area contributed by atoms with Gasteiger partial charge in [0.25, 0.3) is 0 Å². The number of hydrogen-bond donors (Lipinski definition) is 0. The van der Waals surface area contributed by atoms with Crippen molar-refractivity contribution in [1.29, 1.82) is 0 Å². The van der Waals surface area contributed by atoms with Crippen molar-refractivity contribution in [2.45, 2.75) is 41.5 Å². The molecule has 0 unspecified atom stereocenters. The Hall–Kier alpha value is 0.454. The van der Waals surface area contributed by atoms with Crippen LogP contribution in [0.25, 0.3) is 0 Å². The molecule has 0 amide bonds. The van der Waals surface area contributed by atoms with Gasteiger partial charge < -0.3 is 36.7 Å². The van der Waals surface area contributed by atoms with Crippen molar-refractivity contribution in [3.8, 4) is 0 Å². The fourth-order valence-electron chi connectivity index (χ4n) is 0.856. The normalized spacial score (nSPS) is 8.96. The van der Waals surface area contributed by atoms with Gasteiger partial charge >= 0.3 is 17.2 Å². The van der Waals surface area contributed by atoms with Gasteiger partial charge in [0.2, 0.25) is 0 Å². The molecular formula is C14H34NiO8P2. The molecule has 0 radical (unpaired) electrons. The number of carbonyl (C=O) groups is 2. The first-order chi connectivity index (χ1) is 11.7. The van der Waals surface area contributed by atoms with Crippen molar-refractivity contribution < 1.29 is 53.2 Å². The quantitative estimate of drug-likeness (QED) is 0.321. The van der Waals surface area contributed by atoms with E-state index in [1.54, 1.807) is 0 Å². The Morgan fingerprint density at radius 3 is 0.680 bits per heavy atom. The van der Waals surface area contributed by atoms with Crippen molar-refractivity contribution >= 4 is 30.8 Å². The van der Waals surface area contributed by atoms with Crippen LogP contribution in [0.3, 0.4) is 0 Å². The maximum Gasteiger partial charge on any atom is 0.332 e. The summed E-state index contributed by atoms with van der Waals surface area (Å²) in [6.07, 6.45) is 0. The van der Waals surface area contributed by atoms with E-state index in [1.165, 1.54) is 0 Å². The maximum absolute atomic E-state index is 8.00. The third kappa shape index (κ3) is 36.2. The summed E-state index contributed by atoms with van der Waals surface area (Å²) < 4.78 is 30.9. The standard InChI is InChI=1S/2C6H15O3P.2CH2O.Ni/c2*1-4-7-10(8-5-2)9-6-3;2*1-2;/h2*4-6H2,1-3H3;2*1H2;. The van der Waals surface area contributed by atoms with Crippen LogP contribution >= 0.6 is 17.2 Å². The number of carbonyl (C=O) groups excluding carboxylic acids is 2. The van der Waals surface area contributed by atoms with Gasteiger partial charge in [-0.15, -0.1) is 0 Å². The van der Waals surface area contributed by atoms with E-state index in [1.807, 2.05) is 55.1 Å². The number of rotatable bonds is 12. The van der Waals surface area contributed by atoms with Gasteiger partial charge in [-0.2, -0.15) is 0 Å². The summed E-state index contributed by atoms with van der Waals surface area (Å²) in [6.45, 7) is 19.4. The molecule has 0 heterocycles. The fraction of sp³-hybridized carbons (Fsp3) is 0.857. The molecule has 0 aromatic carbocycles. The van der Waals surface area contributed by atoms with Crippen LogP contribution in [-0.2, 0) is 53.2 Å². The van der Waals surface area contributed by atoms with E-state index in [-0.39, 0.29) is 16.5 Å². The van der Waals surface area contributed by atoms with E-state index < -0.39 is 17.2 Å². The topological polar surface area (TPSA) is 89.5 Å². The zero-order valence-corrected chi connectivity index (χ0v) is 18.9. The number of hydrogen-bond acceptors (Lipinski definition) is 8. The van der Waals surface area contributed by atoms with Crippen LogP contribution < -0.4 is 0 Å². The molecule has 0 aliphatic carbocycles. The molecule has 0 aliphatic rings. The second-order valence-electron chi connectivity index (χ2n) is 2.95. The van der Waals surface area contributed by atoms with E-state index in [2.05, 4.69) is 0 Å². The Bertz CT molecular complexity index is 161. The van der Waals surface area contributed by atoms with Crippen molar-refractivity contribution in [3.63, 3.8) is 0 Å². The van der Waals surface area contributed by atoms with Gasteiger partial charge in [0, 0.05) is 16.5 Å². The van der Waals surface area contributed by atoms with Gasteiger partial charge in [-0.25, -0.2) is 0 Å². The minimum atomic E-state index is -1.06. The van der Waals surface area contributed by atoms with Gasteiger partial charge in [-0.1, -0.05) is 0 Å². The van der Waals surface area contributed by atoms with Crippen molar-refractivity contribution in [2.24, 2.45) is 0 Å². The van der Waals surface area contributed by atoms with E-state index in [9.17, 15) is 0 Å². The summed E-state index contributed by atoms with van der Waals surface area (Å²) in [6, 6.07) is 0. The minimum absolute atomic E-state index is 0. The monoisotopic (exact) mass is 450 g/mol. The maximum atomic E-state index is 8.00. The third-order valence-corrected chi connectivity index (χ3v) is 4.22. The summed E-state index contributed by atoms with van der Waals surface area (Å²) in [5.74, 6) is 0. The molecule has 0 aliphatic heterocycles. The van der Waals surface area contributed by atoms with Gasteiger partial charge in [0.05, 0.1) is 39.6 Å². The molecule has 8 nitrogen and oxygen atoms in total. The zero-order valence-electron chi connectivity index (χ0n) is 16.1. The van der Waals surface area contributed by atoms with Crippen LogP contribution in [0.2, 0.25) is 0 Å². The molecule has 0 aromatic heterocycles. The average molecular weight is 451 g/mol. The summed E-state index contributed by atoms with van der Waals surface area (Å²) in [7, 11) is -2.12. The van der Waals surface area contributed by atoms with Crippen LogP contribution in [0, 0.1) is 0 Å². The predicted octanol–water partition coefficient (Wildman–Crippen LogP) is 4.27. The Labute approximate surface area is 165 Å². The Morgan fingerprint density at radius 1 is 0.480 bits per heavy atom. The molecule has 0 spiro atoms. The summed E-state index contributed by atoms with van der Waals surface area (Å²) in [4.78, 5) is 16.0. The van der Waals surface area contributed by atoms with E-state index in [0.29, 0.717) is 39.6 Å². The molecule has 25 heavy (non-hydrogen) atoms. The smallest absolute Gasteiger partial charge is 0.313 e.